The fourth-order valence-electron chi connectivity index (χ4n) is 2.26. The molecule has 1 heterocycles. The number of nitrogens with zero attached hydrogens (tertiary/aromatic N) is 2. The average molecular weight is 308 g/mol. The molecule has 1 saturated carbocycles. The van der Waals surface area contributed by atoms with Crippen molar-refractivity contribution in [1.29, 1.82) is 5.26 Å². The van der Waals surface area contributed by atoms with Crippen molar-refractivity contribution in [2.75, 3.05) is 0 Å². The number of halogens is 1. The van der Waals surface area contributed by atoms with Crippen molar-refractivity contribution in [3.63, 3.8) is 0 Å². The molecular weight excluding hydrogens is 294 g/mol. The van der Waals surface area contributed by atoms with Crippen molar-refractivity contribution in [2.24, 2.45) is 0 Å². The number of aromatic nitrogens is 1. The Hall–Kier alpha value is -1.41. The number of pyridine rings is 1. The molecule has 1 aliphatic rings. The van der Waals surface area contributed by atoms with Crippen LogP contribution in [0.3, 0.4) is 0 Å². The van der Waals surface area contributed by atoms with Crippen LogP contribution in [-0.2, 0) is 0 Å². The predicted octanol–water partition coefficient (Wildman–Crippen LogP) is 2.80. The quantitative estimate of drug-likeness (QED) is 0.854. The fourth-order valence-corrected chi connectivity index (χ4v) is 2.69. The van der Waals surface area contributed by atoms with Gasteiger partial charge in [-0.25, -0.2) is 4.98 Å². The normalized spacial score (nSPS) is 17.8. The molecule has 0 aliphatic heterocycles. The topological polar surface area (TPSA) is 65.8 Å². The van der Waals surface area contributed by atoms with Crippen LogP contribution in [0.15, 0.2) is 22.9 Å². The maximum Gasteiger partial charge on any atom is 0.255 e. The minimum absolute atomic E-state index is 0.238. The maximum atomic E-state index is 12.2. The Kier molecular flexibility index (Phi) is 3.97. The zero-order valence-corrected chi connectivity index (χ0v) is 11.5. The van der Waals surface area contributed by atoms with Gasteiger partial charge in [-0.15, -0.1) is 0 Å². The Balaban J connectivity index is 2.16. The third kappa shape index (κ3) is 2.70. The molecule has 0 bridgehead atoms. The summed E-state index contributed by atoms with van der Waals surface area (Å²) in [5.74, 6) is -0.238. The molecule has 4 nitrogen and oxygen atoms in total. The van der Waals surface area contributed by atoms with Gasteiger partial charge in [-0.2, -0.15) is 5.26 Å². The van der Waals surface area contributed by atoms with Crippen molar-refractivity contribution >= 4 is 21.8 Å². The number of rotatable bonds is 2. The van der Waals surface area contributed by atoms with Crippen LogP contribution in [0.5, 0.6) is 0 Å². The Morgan fingerprint density at radius 1 is 1.44 bits per heavy atom. The van der Waals surface area contributed by atoms with E-state index in [9.17, 15) is 10.1 Å². The van der Waals surface area contributed by atoms with Crippen LogP contribution < -0.4 is 5.32 Å². The van der Waals surface area contributed by atoms with Crippen molar-refractivity contribution < 1.29 is 4.79 Å². The lowest BCUT2D eigenvalue weighted by molar-refractivity contribution is 0.0901. The van der Waals surface area contributed by atoms with Crippen LogP contribution in [0.4, 0.5) is 0 Å². The smallest absolute Gasteiger partial charge is 0.255 e. The molecule has 1 aromatic heterocycles. The summed E-state index contributed by atoms with van der Waals surface area (Å²) in [5, 5.41) is 12.2. The van der Waals surface area contributed by atoms with Crippen LogP contribution in [0.1, 0.15) is 42.5 Å². The van der Waals surface area contributed by atoms with Crippen molar-refractivity contribution in [2.45, 2.75) is 37.6 Å². The average Bonchev–Trinajstić information content (AvgIpc) is 2.40. The Bertz CT molecular complexity index is 489. The van der Waals surface area contributed by atoms with Gasteiger partial charge in [0.15, 0.2) is 0 Å². The van der Waals surface area contributed by atoms with Crippen LogP contribution in [0, 0.1) is 11.3 Å². The van der Waals surface area contributed by atoms with Crippen molar-refractivity contribution in [1.82, 2.24) is 10.3 Å². The van der Waals surface area contributed by atoms with E-state index in [0.717, 1.165) is 32.1 Å². The van der Waals surface area contributed by atoms with Crippen molar-refractivity contribution in [3.8, 4) is 6.07 Å². The van der Waals surface area contributed by atoms with E-state index in [0.29, 0.717) is 10.2 Å². The molecule has 0 aromatic carbocycles. The molecular formula is C13H14BrN3O. The van der Waals surface area contributed by atoms with Gasteiger partial charge in [0, 0.05) is 6.20 Å². The Morgan fingerprint density at radius 2 is 2.17 bits per heavy atom. The maximum absolute atomic E-state index is 12.2. The van der Waals surface area contributed by atoms with E-state index in [1.165, 1.54) is 0 Å². The molecule has 1 aromatic rings. The fraction of sp³-hybridized carbons (Fsp3) is 0.462. The molecule has 0 atom stereocenters. The van der Waals surface area contributed by atoms with E-state index < -0.39 is 5.54 Å². The summed E-state index contributed by atoms with van der Waals surface area (Å²) in [6.45, 7) is 0. The van der Waals surface area contributed by atoms with Gasteiger partial charge < -0.3 is 5.32 Å². The molecule has 0 unspecified atom stereocenters. The first-order valence-corrected chi connectivity index (χ1v) is 6.80. The highest BCUT2D eigenvalue weighted by atomic mass is 79.9. The van der Waals surface area contributed by atoms with E-state index in [4.69, 9.17) is 0 Å². The molecule has 1 N–H and O–H groups in total. The molecule has 1 aliphatic carbocycles. The largest absolute Gasteiger partial charge is 0.334 e. The summed E-state index contributed by atoms with van der Waals surface area (Å²) in [4.78, 5) is 16.2. The van der Waals surface area contributed by atoms with Gasteiger partial charge in [-0.3, -0.25) is 4.79 Å². The molecule has 1 fully saturated rings. The summed E-state index contributed by atoms with van der Waals surface area (Å²) in [7, 11) is 0. The first kappa shape index (κ1) is 13.0. The number of nitrogens with one attached hydrogen (secondary N) is 1. The molecule has 0 radical (unpaired) electrons. The number of amides is 1. The highest BCUT2D eigenvalue weighted by molar-refractivity contribution is 9.10. The highest BCUT2D eigenvalue weighted by Gasteiger charge is 2.34. The third-order valence-corrected chi connectivity index (χ3v) is 3.91. The standard InChI is InChI=1S/C13H14BrN3O/c14-11-10(5-4-8-16-11)12(18)17-13(9-15)6-2-1-3-7-13/h4-5,8H,1-3,6-7H2,(H,17,18). The summed E-state index contributed by atoms with van der Waals surface area (Å²) in [6.07, 6.45) is 6.18. The molecule has 18 heavy (non-hydrogen) atoms. The van der Waals surface area contributed by atoms with E-state index in [1.54, 1.807) is 18.3 Å². The van der Waals surface area contributed by atoms with Crippen molar-refractivity contribution in [3.05, 3.63) is 28.5 Å². The van der Waals surface area contributed by atoms with E-state index in [1.807, 2.05) is 0 Å². The lowest BCUT2D eigenvalue weighted by atomic mass is 9.82. The second-order valence-corrected chi connectivity index (χ2v) is 5.30. The summed E-state index contributed by atoms with van der Waals surface area (Å²) in [5.41, 5.74) is -0.234. The van der Waals surface area contributed by atoms with Gasteiger partial charge in [0.05, 0.1) is 11.6 Å². The monoisotopic (exact) mass is 307 g/mol. The van der Waals surface area contributed by atoms with Crippen LogP contribution in [0.2, 0.25) is 0 Å². The summed E-state index contributed by atoms with van der Waals surface area (Å²) in [6, 6.07) is 5.67. The van der Waals surface area contributed by atoms with Crippen LogP contribution in [0.25, 0.3) is 0 Å². The Labute approximate surface area is 115 Å². The molecule has 2 rings (SSSR count). The van der Waals surface area contributed by atoms with Gasteiger partial charge in [0.2, 0.25) is 0 Å². The molecule has 94 valence electrons. The lowest BCUT2D eigenvalue weighted by Crippen LogP contribution is -2.48. The number of hydrogen-bond donors (Lipinski definition) is 1. The third-order valence-electron chi connectivity index (χ3n) is 3.28. The minimum Gasteiger partial charge on any atom is -0.334 e. The number of carbonyl (C=O) groups excluding carboxylic acids is 1. The van der Waals surface area contributed by atoms with E-state index >= 15 is 0 Å². The van der Waals surface area contributed by atoms with Crippen LogP contribution in [-0.4, -0.2) is 16.4 Å². The van der Waals surface area contributed by atoms with Crippen LogP contribution >= 0.6 is 15.9 Å². The minimum atomic E-state index is -0.704. The van der Waals surface area contributed by atoms with Gasteiger partial charge >= 0.3 is 0 Å². The molecule has 1 amide bonds. The molecule has 0 spiro atoms. The summed E-state index contributed by atoms with van der Waals surface area (Å²) < 4.78 is 0.506. The highest BCUT2D eigenvalue weighted by Crippen LogP contribution is 2.28. The zero-order chi connectivity index (χ0) is 13.0. The Morgan fingerprint density at radius 3 is 2.78 bits per heavy atom. The first-order valence-electron chi connectivity index (χ1n) is 6.01. The van der Waals surface area contributed by atoms with Gasteiger partial charge in [0.25, 0.3) is 5.91 Å². The predicted molar refractivity (Wildman–Crippen MR) is 70.8 cm³/mol. The second-order valence-electron chi connectivity index (χ2n) is 4.55. The molecule has 5 heteroatoms. The van der Waals surface area contributed by atoms with E-state index in [2.05, 4.69) is 32.3 Å². The van der Waals surface area contributed by atoms with Gasteiger partial charge in [0.1, 0.15) is 10.1 Å². The zero-order valence-electron chi connectivity index (χ0n) is 9.95. The van der Waals surface area contributed by atoms with Gasteiger partial charge in [-0.1, -0.05) is 19.3 Å². The number of hydrogen-bond acceptors (Lipinski definition) is 3. The number of nitriles is 1. The SMILES string of the molecule is N#CC1(NC(=O)c2cccnc2Br)CCCCC1. The van der Waals surface area contributed by atoms with E-state index in [-0.39, 0.29) is 5.91 Å². The summed E-state index contributed by atoms with van der Waals surface area (Å²) >= 11 is 3.25. The van der Waals surface area contributed by atoms with Gasteiger partial charge in [-0.05, 0) is 40.9 Å². The number of carbonyl (C=O) groups is 1. The molecule has 0 saturated heterocycles. The second kappa shape index (κ2) is 5.49. The first-order chi connectivity index (χ1) is 8.67. The lowest BCUT2D eigenvalue weighted by Gasteiger charge is -2.31.